The molecule has 2 heterocycles. The largest absolute Gasteiger partial charge is 0.326 e. The van der Waals surface area contributed by atoms with E-state index in [9.17, 15) is 18.4 Å². The number of nitrogens with zero attached hydrogens (tertiary/aromatic N) is 3. The highest BCUT2D eigenvalue weighted by Gasteiger charge is 2.18. The van der Waals surface area contributed by atoms with Gasteiger partial charge in [0.15, 0.2) is 5.65 Å². The highest BCUT2D eigenvalue weighted by Crippen LogP contribution is 2.25. The van der Waals surface area contributed by atoms with Gasteiger partial charge in [-0.05, 0) is 55.8 Å². The Morgan fingerprint density at radius 2 is 1.77 bits per heavy atom. The highest BCUT2D eigenvalue weighted by atomic mass is 19.1. The lowest BCUT2D eigenvalue weighted by atomic mass is 10.2. The number of fused-ring (bicyclic) bond motifs is 1. The second kappa shape index (κ2) is 8.14. The summed E-state index contributed by atoms with van der Waals surface area (Å²) in [4.78, 5) is 29.7. The van der Waals surface area contributed by atoms with E-state index >= 15 is 0 Å². The Bertz CT molecular complexity index is 1360. The smallest absolute Gasteiger partial charge is 0.263 e. The van der Waals surface area contributed by atoms with Gasteiger partial charge < -0.3 is 5.32 Å². The molecule has 1 amide bonds. The highest BCUT2D eigenvalue weighted by molar-refractivity contribution is 5.90. The zero-order valence-corrected chi connectivity index (χ0v) is 17.0. The van der Waals surface area contributed by atoms with E-state index in [2.05, 4.69) is 10.3 Å². The van der Waals surface area contributed by atoms with Crippen LogP contribution in [-0.2, 0) is 11.3 Å². The fourth-order valence-corrected chi connectivity index (χ4v) is 3.59. The van der Waals surface area contributed by atoms with E-state index < -0.39 is 5.82 Å². The van der Waals surface area contributed by atoms with Gasteiger partial charge in [-0.3, -0.25) is 18.7 Å². The SMILES string of the molecule is Cc1c(C)n(-c2cccc(F)c2)c2ncn(CCC(=O)Nc3cccc(F)c3)c(=O)c12. The zero-order chi connectivity index (χ0) is 22.1. The maximum absolute atomic E-state index is 13.7. The molecule has 0 bridgehead atoms. The minimum Gasteiger partial charge on any atom is -0.326 e. The number of anilines is 1. The second-order valence-corrected chi connectivity index (χ2v) is 7.28. The van der Waals surface area contributed by atoms with Gasteiger partial charge in [-0.1, -0.05) is 12.1 Å². The summed E-state index contributed by atoms with van der Waals surface area (Å²) < 4.78 is 30.1. The lowest BCUT2D eigenvalue weighted by Gasteiger charge is -2.09. The van der Waals surface area contributed by atoms with Gasteiger partial charge in [-0.2, -0.15) is 0 Å². The molecule has 31 heavy (non-hydrogen) atoms. The molecule has 0 atom stereocenters. The van der Waals surface area contributed by atoms with Gasteiger partial charge in [-0.25, -0.2) is 13.8 Å². The molecule has 0 aliphatic heterocycles. The van der Waals surface area contributed by atoms with Crippen LogP contribution >= 0.6 is 0 Å². The van der Waals surface area contributed by atoms with Crippen LogP contribution in [0.2, 0.25) is 0 Å². The molecule has 158 valence electrons. The molecule has 0 saturated heterocycles. The maximum Gasteiger partial charge on any atom is 0.263 e. The summed E-state index contributed by atoms with van der Waals surface area (Å²) in [5.74, 6) is -1.17. The van der Waals surface area contributed by atoms with Crippen LogP contribution in [0.1, 0.15) is 17.7 Å². The molecule has 0 fully saturated rings. The third-order valence-electron chi connectivity index (χ3n) is 5.24. The lowest BCUT2D eigenvalue weighted by Crippen LogP contribution is -2.24. The number of nitrogens with one attached hydrogen (secondary N) is 1. The van der Waals surface area contributed by atoms with E-state index in [1.165, 1.54) is 41.2 Å². The first kappa shape index (κ1) is 20.5. The summed E-state index contributed by atoms with van der Waals surface area (Å²) in [6, 6.07) is 11.7. The van der Waals surface area contributed by atoms with E-state index in [1.54, 1.807) is 22.8 Å². The molecular formula is C23H20F2N4O2. The number of rotatable bonds is 5. The molecule has 0 aliphatic rings. The van der Waals surface area contributed by atoms with Crippen molar-refractivity contribution in [3.8, 4) is 5.69 Å². The number of hydrogen-bond acceptors (Lipinski definition) is 3. The van der Waals surface area contributed by atoms with Gasteiger partial charge in [0.1, 0.15) is 11.6 Å². The maximum atomic E-state index is 13.7. The summed E-state index contributed by atoms with van der Waals surface area (Å²) in [7, 11) is 0. The molecule has 0 aliphatic carbocycles. The van der Waals surface area contributed by atoms with E-state index in [0.29, 0.717) is 22.4 Å². The predicted octanol–water partition coefficient (Wildman–Crippen LogP) is 4.11. The van der Waals surface area contributed by atoms with Gasteiger partial charge in [0.05, 0.1) is 17.4 Å². The van der Waals surface area contributed by atoms with Crippen LogP contribution in [0.25, 0.3) is 16.7 Å². The van der Waals surface area contributed by atoms with Crippen molar-refractivity contribution < 1.29 is 13.6 Å². The summed E-state index contributed by atoms with van der Waals surface area (Å²) in [5, 5.41) is 3.03. The molecule has 0 unspecified atom stereocenters. The molecule has 6 nitrogen and oxygen atoms in total. The van der Waals surface area contributed by atoms with Gasteiger partial charge in [0.25, 0.3) is 5.56 Å². The lowest BCUT2D eigenvalue weighted by molar-refractivity contribution is -0.116. The predicted molar refractivity (Wildman–Crippen MR) is 114 cm³/mol. The molecule has 4 aromatic rings. The van der Waals surface area contributed by atoms with Crippen molar-refractivity contribution >= 4 is 22.6 Å². The van der Waals surface area contributed by atoms with Crippen molar-refractivity contribution in [2.45, 2.75) is 26.8 Å². The van der Waals surface area contributed by atoms with Crippen LogP contribution in [-0.4, -0.2) is 20.0 Å². The zero-order valence-electron chi connectivity index (χ0n) is 17.0. The Kier molecular flexibility index (Phi) is 5.37. The number of halogens is 2. The van der Waals surface area contributed by atoms with Crippen LogP contribution in [0.4, 0.5) is 14.5 Å². The number of carbonyl (C=O) groups is 1. The number of aromatic nitrogens is 3. The van der Waals surface area contributed by atoms with Gasteiger partial charge in [0, 0.05) is 24.3 Å². The Hall–Kier alpha value is -3.81. The van der Waals surface area contributed by atoms with Crippen molar-refractivity contribution in [2.75, 3.05) is 5.32 Å². The Morgan fingerprint density at radius 3 is 2.48 bits per heavy atom. The molecule has 0 radical (unpaired) electrons. The van der Waals surface area contributed by atoms with Crippen molar-refractivity contribution in [1.82, 2.24) is 14.1 Å². The van der Waals surface area contributed by atoms with Crippen molar-refractivity contribution in [1.29, 1.82) is 0 Å². The average Bonchev–Trinajstić information content (AvgIpc) is 2.98. The third kappa shape index (κ3) is 3.96. The van der Waals surface area contributed by atoms with E-state index in [0.717, 1.165) is 11.3 Å². The second-order valence-electron chi connectivity index (χ2n) is 7.28. The monoisotopic (exact) mass is 422 g/mol. The van der Waals surface area contributed by atoms with Gasteiger partial charge >= 0.3 is 0 Å². The van der Waals surface area contributed by atoms with Crippen molar-refractivity contribution in [3.63, 3.8) is 0 Å². The van der Waals surface area contributed by atoms with E-state index in [1.807, 2.05) is 13.8 Å². The van der Waals surface area contributed by atoms with E-state index in [-0.39, 0.29) is 30.2 Å². The molecule has 2 aromatic carbocycles. The Labute approximate surface area is 176 Å². The topological polar surface area (TPSA) is 68.9 Å². The Balaban J connectivity index is 1.62. The minimum absolute atomic E-state index is 0.0201. The molecule has 8 heteroatoms. The summed E-state index contributed by atoms with van der Waals surface area (Å²) >= 11 is 0. The minimum atomic E-state index is -0.447. The van der Waals surface area contributed by atoms with Crippen molar-refractivity contribution in [2.24, 2.45) is 0 Å². The number of benzene rings is 2. The number of aryl methyl sites for hydroxylation is 2. The molecule has 0 spiro atoms. The Morgan fingerprint density at radius 1 is 1.06 bits per heavy atom. The first-order chi connectivity index (χ1) is 14.8. The molecule has 2 aromatic heterocycles. The van der Waals surface area contributed by atoms with Crippen LogP contribution < -0.4 is 10.9 Å². The van der Waals surface area contributed by atoms with Gasteiger partial charge in [0.2, 0.25) is 5.91 Å². The summed E-state index contributed by atoms with van der Waals surface area (Å²) in [6.07, 6.45) is 1.40. The average molecular weight is 422 g/mol. The molecule has 1 N–H and O–H groups in total. The number of amides is 1. The molecule has 0 saturated carbocycles. The van der Waals surface area contributed by atoms with E-state index in [4.69, 9.17) is 0 Å². The summed E-state index contributed by atoms with van der Waals surface area (Å²) in [5.41, 5.74) is 2.62. The normalized spacial score (nSPS) is 11.1. The van der Waals surface area contributed by atoms with Gasteiger partial charge in [-0.15, -0.1) is 0 Å². The van der Waals surface area contributed by atoms with Crippen LogP contribution in [0, 0.1) is 25.5 Å². The summed E-state index contributed by atoms with van der Waals surface area (Å²) in [6.45, 7) is 3.78. The molecular weight excluding hydrogens is 402 g/mol. The van der Waals surface area contributed by atoms with Crippen molar-refractivity contribution in [3.05, 3.63) is 88.1 Å². The number of carbonyl (C=O) groups excluding carboxylic acids is 1. The first-order valence-corrected chi connectivity index (χ1v) is 9.73. The quantitative estimate of drug-likeness (QED) is 0.526. The fraction of sp³-hybridized carbons (Fsp3) is 0.174. The number of hydrogen-bond donors (Lipinski definition) is 1. The third-order valence-corrected chi connectivity index (χ3v) is 5.24. The molecule has 4 rings (SSSR count). The standard InChI is InChI=1S/C23H20F2N4O2/c1-14-15(2)29(19-8-4-6-17(25)12-19)22-21(14)23(31)28(13-26-22)10-9-20(30)27-18-7-3-5-16(24)11-18/h3-8,11-13H,9-10H2,1-2H3,(H,27,30). The van der Waals surface area contributed by atoms with Crippen LogP contribution in [0.3, 0.4) is 0 Å². The first-order valence-electron chi connectivity index (χ1n) is 9.73. The van der Waals surface area contributed by atoms with Crippen LogP contribution in [0.5, 0.6) is 0 Å². The fourth-order valence-electron chi connectivity index (χ4n) is 3.59. The van der Waals surface area contributed by atoms with Crippen LogP contribution in [0.15, 0.2) is 59.7 Å².